The lowest BCUT2D eigenvalue weighted by atomic mass is 10.1. The number of benzene rings is 2. The van der Waals surface area contributed by atoms with E-state index < -0.39 is 0 Å². The quantitative estimate of drug-likeness (QED) is 0.450. The summed E-state index contributed by atoms with van der Waals surface area (Å²) in [5, 5.41) is 14.9. The average Bonchev–Trinajstić information content (AvgIpc) is 3.10. The molecule has 0 aliphatic carbocycles. The highest BCUT2D eigenvalue weighted by molar-refractivity contribution is 8.01. The van der Waals surface area contributed by atoms with Gasteiger partial charge in [0.2, 0.25) is 11.0 Å². The van der Waals surface area contributed by atoms with Crippen LogP contribution in [0.25, 0.3) is 0 Å². The molecule has 27 heavy (non-hydrogen) atoms. The Balaban J connectivity index is 1.54. The number of ketones is 1. The second kappa shape index (κ2) is 8.79. The fourth-order valence-electron chi connectivity index (χ4n) is 2.29. The first-order chi connectivity index (χ1) is 13.0. The van der Waals surface area contributed by atoms with Gasteiger partial charge in [-0.3, -0.25) is 9.59 Å². The maximum atomic E-state index is 12.1. The molecule has 2 N–H and O–H groups in total. The third-order valence-electron chi connectivity index (χ3n) is 3.67. The number of hydrogen-bond donors (Lipinski definition) is 2. The summed E-state index contributed by atoms with van der Waals surface area (Å²) in [6.45, 7) is 3.51. The normalized spacial score (nSPS) is 10.4. The fourth-order valence-corrected chi connectivity index (χ4v) is 3.85. The molecule has 1 aromatic heterocycles. The van der Waals surface area contributed by atoms with E-state index in [1.807, 2.05) is 31.2 Å². The molecule has 0 atom stereocenters. The first kappa shape index (κ1) is 19.1. The van der Waals surface area contributed by atoms with Crippen molar-refractivity contribution in [2.75, 3.05) is 16.4 Å². The highest BCUT2D eigenvalue weighted by Gasteiger charge is 2.10. The molecular weight excluding hydrogens is 380 g/mol. The van der Waals surface area contributed by atoms with Crippen molar-refractivity contribution in [2.24, 2.45) is 0 Å². The summed E-state index contributed by atoms with van der Waals surface area (Å²) in [7, 11) is 0. The molecule has 0 aliphatic heterocycles. The van der Waals surface area contributed by atoms with Crippen molar-refractivity contribution in [3.63, 3.8) is 0 Å². The third kappa shape index (κ3) is 5.38. The molecule has 2 aromatic carbocycles. The summed E-state index contributed by atoms with van der Waals surface area (Å²) in [5.41, 5.74) is 3.27. The van der Waals surface area contributed by atoms with Crippen molar-refractivity contribution in [3.8, 4) is 0 Å². The molecule has 3 aromatic rings. The lowest BCUT2D eigenvalue weighted by Gasteiger charge is -2.05. The van der Waals surface area contributed by atoms with Gasteiger partial charge in [-0.25, -0.2) is 0 Å². The number of carbonyl (C=O) groups is 2. The van der Waals surface area contributed by atoms with Crippen LogP contribution in [0.2, 0.25) is 0 Å². The molecule has 6 nitrogen and oxygen atoms in total. The molecule has 0 saturated carbocycles. The van der Waals surface area contributed by atoms with Crippen LogP contribution in [0, 0.1) is 6.92 Å². The Morgan fingerprint density at radius 2 is 1.93 bits per heavy atom. The van der Waals surface area contributed by atoms with Gasteiger partial charge in [-0.15, -0.1) is 10.2 Å². The molecule has 3 rings (SSSR count). The van der Waals surface area contributed by atoms with Gasteiger partial charge in [0.05, 0.1) is 5.75 Å². The number of rotatable bonds is 7. The molecule has 1 heterocycles. The molecule has 1 amide bonds. The first-order valence-electron chi connectivity index (χ1n) is 8.21. The molecular formula is C19H18N4O2S2. The van der Waals surface area contributed by atoms with E-state index in [0.29, 0.717) is 20.7 Å². The molecule has 0 radical (unpaired) electrons. The number of aromatic nitrogens is 2. The second-order valence-corrected chi connectivity index (χ2v) is 7.99. The predicted molar refractivity (Wildman–Crippen MR) is 110 cm³/mol. The van der Waals surface area contributed by atoms with Gasteiger partial charge >= 0.3 is 0 Å². The van der Waals surface area contributed by atoms with Crippen molar-refractivity contribution in [1.29, 1.82) is 0 Å². The van der Waals surface area contributed by atoms with Crippen LogP contribution in [0.3, 0.4) is 0 Å². The first-order valence-corrected chi connectivity index (χ1v) is 10.0. The van der Waals surface area contributed by atoms with Crippen LogP contribution in [0.5, 0.6) is 0 Å². The van der Waals surface area contributed by atoms with Crippen LogP contribution in [0.4, 0.5) is 16.5 Å². The van der Waals surface area contributed by atoms with E-state index in [1.54, 1.807) is 24.3 Å². The number of hydrogen-bond acceptors (Lipinski definition) is 7. The zero-order chi connectivity index (χ0) is 19.2. The Morgan fingerprint density at radius 1 is 1.11 bits per heavy atom. The topological polar surface area (TPSA) is 84.0 Å². The molecule has 138 valence electrons. The van der Waals surface area contributed by atoms with Crippen LogP contribution < -0.4 is 10.6 Å². The smallest absolute Gasteiger partial charge is 0.234 e. The average molecular weight is 399 g/mol. The number of aryl methyl sites for hydroxylation is 1. The largest absolute Gasteiger partial charge is 0.330 e. The minimum atomic E-state index is -0.163. The van der Waals surface area contributed by atoms with Crippen LogP contribution in [-0.2, 0) is 4.79 Å². The van der Waals surface area contributed by atoms with Crippen molar-refractivity contribution in [1.82, 2.24) is 10.2 Å². The molecule has 0 fully saturated rings. The Bertz CT molecular complexity index is 972. The predicted octanol–water partition coefficient (Wildman–Crippen LogP) is 4.52. The van der Waals surface area contributed by atoms with Gasteiger partial charge in [0.1, 0.15) is 0 Å². The molecule has 0 saturated heterocycles. The van der Waals surface area contributed by atoms with E-state index >= 15 is 0 Å². The number of anilines is 3. The SMILES string of the molecule is CC(=O)c1cccc(NC(=O)CSc2nnc(Nc3ccccc3C)s2)c1. The van der Waals surface area contributed by atoms with E-state index in [0.717, 1.165) is 11.3 Å². The number of para-hydroxylation sites is 1. The summed E-state index contributed by atoms with van der Waals surface area (Å²) in [4.78, 5) is 23.5. The van der Waals surface area contributed by atoms with Gasteiger partial charge in [0.15, 0.2) is 10.1 Å². The second-order valence-electron chi connectivity index (χ2n) is 5.79. The van der Waals surface area contributed by atoms with E-state index in [2.05, 4.69) is 20.8 Å². The van der Waals surface area contributed by atoms with E-state index in [9.17, 15) is 9.59 Å². The number of amides is 1. The summed E-state index contributed by atoms with van der Waals surface area (Å²) in [6, 6.07) is 14.8. The number of nitrogens with one attached hydrogen (secondary N) is 2. The summed E-state index contributed by atoms with van der Waals surface area (Å²) >= 11 is 2.72. The molecule has 0 bridgehead atoms. The minimum Gasteiger partial charge on any atom is -0.330 e. The van der Waals surface area contributed by atoms with Crippen LogP contribution in [0.1, 0.15) is 22.8 Å². The van der Waals surface area contributed by atoms with Crippen molar-refractivity contribution in [3.05, 3.63) is 59.7 Å². The standard InChI is InChI=1S/C19H18N4O2S2/c1-12-6-3-4-9-16(12)21-18-22-23-19(27-18)26-11-17(25)20-15-8-5-7-14(10-15)13(2)24/h3-10H,11H2,1-2H3,(H,20,25)(H,21,22). The van der Waals surface area contributed by atoms with Gasteiger partial charge in [-0.05, 0) is 37.6 Å². The van der Waals surface area contributed by atoms with E-state index in [1.165, 1.54) is 30.0 Å². The molecule has 0 unspecified atom stereocenters. The van der Waals surface area contributed by atoms with Crippen molar-refractivity contribution in [2.45, 2.75) is 18.2 Å². The minimum absolute atomic E-state index is 0.0389. The van der Waals surface area contributed by atoms with Crippen LogP contribution in [0.15, 0.2) is 52.9 Å². The summed E-state index contributed by atoms with van der Waals surface area (Å²) in [6.07, 6.45) is 0. The molecule has 0 spiro atoms. The summed E-state index contributed by atoms with van der Waals surface area (Å²) in [5.74, 6) is 0.0101. The van der Waals surface area contributed by atoms with Crippen LogP contribution in [-0.4, -0.2) is 27.6 Å². The van der Waals surface area contributed by atoms with Gasteiger partial charge in [-0.1, -0.05) is 53.4 Å². The van der Waals surface area contributed by atoms with Crippen LogP contribution >= 0.6 is 23.1 Å². The lowest BCUT2D eigenvalue weighted by Crippen LogP contribution is -2.14. The Kier molecular flexibility index (Phi) is 6.20. The maximum absolute atomic E-state index is 12.1. The lowest BCUT2D eigenvalue weighted by molar-refractivity contribution is -0.113. The number of Topliss-reactive ketones (excluding diaryl/α,β-unsaturated/α-hetero) is 1. The number of thioether (sulfide) groups is 1. The number of carbonyl (C=O) groups excluding carboxylic acids is 2. The Hall–Kier alpha value is -2.71. The maximum Gasteiger partial charge on any atom is 0.234 e. The highest BCUT2D eigenvalue weighted by atomic mass is 32.2. The van der Waals surface area contributed by atoms with Crippen molar-refractivity contribution >= 4 is 51.3 Å². The van der Waals surface area contributed by atoms with Gasteiger partial charge in [-0.2, -0.15) is 0 Å². The Labute approximate surface area is 165 Å². The van der Waals surface area contributed by atoms with E-state index in [4.69, 9.17) is 0 Å². The van der Waals surface area contributed by atoms with Gasteiger partial charge < -0.3 is 10.6 Å². The van der Waals surface area contributed by atoms with Gasteiger partial charge in [0.25, 0.3) is 0 Å². The molecule has 0 aliphatic rings. The zero-order valence-electron chi connectivity index (χ0n) is 14.9. The highest BCUT2D eigenvalue weighted by Crippen LogP contribution is 2.28. The Morgan fingerprint density at radius 3 is 2.70 bits per heavy atom. The van der Waals surface area contributed by atoms with Crippen molar-refractivity contribution < 1.29 is 9.59 Å². The molecule has 8 heteroatoms. The van der Waals surface area contributed by atoms with E-state index in [-0.39, 0.29) is 17.4 Å². The third-order valence-corrected chi connectivity index (χ3v) is 5.64. The number of nitrogens with zero attached hydrogens (tertiary/aromatic N) is 2. The zero-order valence-corrected chi connectivity index (χ0v) is 16.5. The van der Waals surface area contributed by atoms with Gasteiger partial charge in [0, 0.05) is 16.9 Å². The monoisotopic (exact) mass is 398 g/mol. The summed E-state index contributed by atoms with van der Waals surface area (Å²) < 4.78 is 0.707. The fraction of sp³-hybridized carbons (Fsp3) is 0.158.